The number of aliphatic imine (C=N–C) groups is 1. The average Bonchev–Trinajstić information content (AvgIpc) is 3.06. The summed E-state index contributed by atoms with van der Waals surface area (Å²) in [7, 11) is 0. The van der Waals surface area contributed by atoms with Gasteiger partial charge in [-0.2, -0.15) is 0 Å². The quantitative estimate of drug-likeness (QED) is 0.537. The van der Waals surface area contributed by atoms with Crippen LogP contribution in [-0.2, 0) is 6.54 Å². The monoisotopic (exact) mass is 450 g/mol. The highest BCUT2D eigenvalue weighted by Gasteiger charge is 2.32. The number of hydrogen-bond donors (Lipinski definition) is 1. The van der Waals surface area contributed by atoms with Crippen LogP contribution < -0.4 is 5.32 Å². The lowest BCUT2D eigenvalue weighted by atomic mass is 9.74. The second-order valence-corrected chi connectivity index (χ2v) is 9.57. The zero-order valence-corrected chi connectivity index (χ0v) is 20.5. The molecule has 1 aromatic carbocycles. The first kappa shape index (κ1) is 23.0. The number of aryl methyl sites for hydroxylation is 2. The molecule has 0 saturated carbocycles. The summed E-state index contributed by atoms with van der Waals surface area (Å²) in [6.07, 6.45) is 9.63. The molecule has 2 heterocycles. The number of hydrogen-bond acceptors (Lipinski definition) is 3. The molecule has 0 bridgehead atoms. The molecule has 1 fully saturated rings. The normalized spacial score (nSPS) is 19.9. The maximum absolute atomic E-state index is 6.54. The molecule has 1 atom stereocenters. The number of halogens is 1. The summed E-state index contributed by atoms with van der Waals surface area (Å²) in [4.78, 5) is 9.17. The van der Waals surface area contributed by atoms with Gasteiger partial charge in [-0.3, -0.25) is 4.99 Å². The Labute approximate surface area is 197 Å². The van der Waals surface area contributed by atoms with Crippen molar-refractivity contribution >= 4 is 23.4 Å². The molecule has 4 rings (SSSR count). The molecule has 170 valence electrons. The maximum atomic E-state index is 6.54. The van der Waals surface area contributed by atoms with Crippen LogP contribution in [0.15, 0.2) is 46.7 Å². The summed E-state index contributed by atoms with van der Waals surface area (Å²) < 4.78 is 2.26. The Balaban J connectivity index is 1.78. The zero-order chi connectivity index (χ0) is 22.7. The molecule has 1 saturated heterocycles. The fraction of sp³-hybridized carbons (Fsp3) is 0.481. The summed E-state index contributed by atoms with van der Waals surface area (Å²) in [5.41, 5.74) is 9.26. The van der Waals surface area contributed by atoms with E-state index in [1.54, 1.807) is 0 Å². The van der Waals surface area contributed by atoms with E-state index in [-0.39, 0.29) is 0 Å². The van der Waals surface area contributed by atoms with Crippen molar-refractivity contribution in [2.24, 2.45) is 10.9 Å². The molecule has 0 amide bonds. The van der Waals surface area contributed by atoms with Gasteiger partial charge in [0.15, 0.2) is 0 Å². The van der Waals surface area contributed by atoms with Crippen molar-refractivity contribution in [3.8, 4) is 0 Å². The number of benzene rings is 1. The summed E-state index contributed by atoms with van der Waals surface area (Å²) in [6.45, 7) is 12.4. The minimum atomic E-state index is 0.388. The van der Waals surface area contributed by atoms with E-state index in [0.29, 0.717) is 11.8 Å². The van der Waals surface area contributed by atoms with Crippen LogP contribution in [0.4, 0.5) is 0 Å². The number of imidazole rings is 1. The number of aromatic nitrogens is 2. The van der Waals surface area contributed by atoms with Crippen molar-refractivity contribution in [3.63, 3.8) is 0 Å². The van der Waals surface area contributed by atoms with Crippen molar-refractivity contribution in [1.29, 1.82) is 0 Å². The van der Waals surface area contributed by atoms with E-state index in [2.05, 4.69) is 64.9 Å². The Morgan fingerprint density at radius 3 is 2.69 bits per heavy atom. The summed E-state index contributed by atoms with van der Waals surface area (Å²) in [5.74, 6) is 1.01. The third kappa shape index (κ3) is 4.77. The van der Waals surface area contributed by atoms with Gasteiger partial charge in [-0.1, -0.05) is 23.7 Å². The highest BCUT2D eigenvalue weighted by molar-refractivity contribution is 6.30. The van der Waals surface area contributed by atoms with E-state index < -0.39 is 0 Å². The SMILES string of the molecule is CC=NCC1=C(C)C=C(CCn2cnc(C)c2C)c2cc(Cl)ccc2C1C1CCNCC1. The second kappa shape index (κ2) is 10.2. The molecule has 5 heteroatoms. The highest BCUT2D eigenvalue weighted by atomic mass is 35.5. The van der Waals surface area contributed by atoms with E-state index in [4.69, 9.17) is 11.6 Å². The van der Waals surface area contributed by atoms with Crippen molar-refractivity contribution in [2.75, 3.05) is 19.6 Å². The molecule has 1 N–H and O–H groups in total. The minimum Gasteiger partial charge on any atom is -0.334 e. The molecule has 0 spiro atoms. The van der Waals surface area contributed by atoms with Gasteiger partial charge < -0.3 is 9.88 Å². The number of allylic oxidation sites excluding steroid dienone is 3. The second-order valence-electron chi connectivity index (χ2n) is 9.13. The van der Waals surface area contributed by atoms with Gasteiger partial charge >= 0.3 is 0 Å². The van der Waals surface area contributed by atoms with E-state index >= 15 is 0 Å². The number of nitrogens with zero attached hydrogens (tertiary/aromatic N) is 3. The van der Waals surface area contributed by atoms with E-state index in [1.165, 1.54) is 46.4 Å². The number of nitrogens with one attached hydrogen (secondary N) is 1. The topological polar surface area (TPSA) is 42.2 Å². The molecular weight excluding hydrogens is 416 g/mol. The summed E-state index contributed by atoms with van der Waals surface area (Å²) >= 11 is 6.54. The molecule has 1 unspecified atom stereocenters. The third-order valence-corrected chi connectivity index (χ3v) is 7.47. The highest BCUT2D eigenvalue weighted by Crippen LogP contribution is 2.45. The first-order valence-electron chi connectivity index (χ1n) is 11.8. The first-order chi connectivity index (χ1) is 15.5. The lowest BCUT2D eigenvalue weighted by Gasteiger charge is -2.34. The molecule has 4 nitrogen and oxygen atoms in total. The molecule has 0 radical (unpaired) electrons. The smallest absolute Gasteiger partial charge is 0.0951 e. The van der Waals surface area contributed by atoms with Crippen LogP contribution in [0, 0.1) is 19.8 Å². The van der Waals surface area contributed by atoms with Crippen LogP contribution in [0.2, 0.25) is 5.02 Å². The van der Waals surface area contributed by atoms with Crippen LogP contribution in [0.5, 0.6) is 0 Å². The van der Waals surface area contributed by atoms with Crippen LogP contribution in [0.3, 0.4) is 0 Å². The standard InChI is InChI=1S/C27H35ClN4/c1-5-29-16-26-18(2)14-22(10-13-32-17-31-19(3)20(32)4)25-15-23(28)6-7-24(25)27(26)21-8-11-30-12-9-21/h5-7,14-15,17,21,27,30H,8-13,16H2,1-4H3. The first-order valence-corrected chi connectivity index (χ1v) is 12.2. The van der Waals surface area contributed by atoms with E-state index in [9.17, 15) is 0 Å². The molecule has 32 heavy (non-hydrogen) atoms. The van der Waals surface area contributed by atoms with Gasteiger partial charge in [0.05, 0.1) is 18.6 Å². The summed E-state index contributed by atoms with van der Waals surface area (Å²) in [5, 5.41) is 4.34. The van der Waals surface area contributed by atoms with Crippen LogP contribution in [0.25, 0.3) is 5.57 Å². The molecular formula is C27H35ClN4. The Bertz CT molecular complexity index is 1050. The lowest BCUT2D eigenvalue weighted by molar-refractivity contribution is 0.337. The van der Waals surface area contributed by atoms with E-state index in [1.807, 2.05) is 19.5 Å². The fourth-order valence-electron chi connectivity index (χ4n) is 5.29. The largest absolute Gasteiger partial charge is 0.334 e. The molecule has 1 aromatic heterocycles. The van der Waals surface area contributed by atoms with Gasteiger partial charge in [0.2, 0.25) is 0 Å². The van der Waals surface area contributed by atoms with Gasteiger partial charge in [-0.15, -0.1) is 0 Å². The molecule has 2 aliphatic rings. The lowest BCUT2D eigenvalue weighted by Crippen LogP contribution is -2.32. The van der Waals surface area contributed by atoms with E-state index in [0.717, 1.165) is 43.3 Å². The molecule has 1 aliphatic heterocycles. The van der Waals surface area contributed by atoms with Gasteiger partial charge in [-0.25, -0.2) is 4.98 Å². The van der Waals surface area contributed by atoms with Gasteiger partial charge in [0.25, 0.3) is 0 Å². The Hall–Kier alpha value is -2.17. The summed E-state index contributed by atoms with van der Waals surface area (Å²) in [6, 6.07) is 6.53. The fourth-order valence-corrected chi connectivity index (χ4v) is 5.46. The number of piperidine rings is 1. The number of fused-ring (bicyclic) bond motifs is 1. The van der Waals surface area contributed by atoms with Gasteiger partial charge in [0.1, 0.15) is 0 Å². The van der Waals surface area contributed by atoms with Crippen LogP contribution in [0.1, 0.15) is 61.5 Å². The average molecular weight is 451 g/mol. The molecule has 2 aromatic rings. The Morgan fingerprint density at radius 2 is 2.00 bits per heavy atom. The predicted octanol–water partition coefficient (Wildman–Crippen LogP) is 6.13. The predicted molar refractivity (Wildman–Crippen MR) is 136 cm³/mol. The van der Waals surface area contributed by atoms with Gasteiger partial charge in [0, 0.05) is 23.2 Å². The van der Waals surface area contributed by atoms with Crippen molar-refractivity contribution in [2.45, 2.75) is 59.4 Å². The Kier molecular flexibility index (Phi) is 7.32. The Morgan fingerprint density at radius 1 is 1.22 bits per heavy atom. The maximum Gasteiger partial charge on any atom is 0.0951 e. The van der Waals surface area contributed by atoms with Crippen molar-refractivity contribution in [1.82, 2.24) is 14.9 Å². The zero-order valence-electron chi connectivity index (χ0n) is 19.8. The molecule has 1 aliphatic carbocycles. The third-order valence-electron chi connectivity index (χ3n) is 7.24. The van der Waals surface area contributed by atoms with Crippen molar-refractivity contribution in [3.05, 3.63) is 69.3 Å². The van der Waals surface area contributed by atoms with Crippen LogP contribution in [-0.4, -0.2) is 35.4 Å². The number of rotatable bonds is 6. The van der Waals surface area contributed by atoms with Gasteiger partial charge in [-0.05, 0) is 112 Å². The van der Waals surface area contributed by atoms with Crippen LogP contribution >= 0.6 is 11.6 Å². The minimum absolute atomic E-state index is 0.388. The van der Waals surface area contributed by atoms with Crippen molar-refractivity contribution < 1.29 is 0 Å².